The number of benzene rings is 3. The molecule has 0 spiro atoms. The Morgan fingerprint density at radius 2 is 1.47 bits per heavy atom. The molecule has 0 amide bonds. The van der Waals surface area contributed by atoms with E-state index in [2.05, 4.69) is 14.5 Å². The Kier molecular flexibility index (Phi) is 5.97. The summed E-state index contributed by atoms with van der Waals surface area (Å²) in [6, 6.07) is 23.1. The van der Waals surface area contributed by atoms with Crippen molar-refractivity contribution < 1.29 is 21.6 Å². The molecule has 5 aromatic rings. The average molecular weight is 509 g/mol. The van der Waals surface area contributed by atoms with E-state index in [1.165, 1.54) is 24.4 Å². The maximum atomic E-state index is 14.2. The van der Waals surface area contributed by atoms with Crippen LogP contribution in [0.25, 0.3) is 22.2 Å². The van der Waals surface area contributed by atoms with Gasteiger partial charge in [0, 0.05) is 36.2 Å². The number of halogens is 3. The van der Waals surface area contributed by atoms with E-state index < -0.39 is 31.3 Å². The van der Waals surface area contributed by atoms with E-state index in [0.717, 1.165) is 34.8 Å². The van der Waals surface area contributed by atoms with Gasteiger partial charge in [0.25, 0.3) is 10.0 Å². The molecule has 0 unspecified atom stereocenters. The van der Waals surface area contributed by atoms with Crippen LogP contribution in [0.5, 0.6) is 0 Å². The highest BCUT2D eigenvalue weighted by Gasteiger charge is 2.48. The molecule has 2 heterocycles. The summed E-state index contributed by atoms with van der Waals surface area (Å²) in [6.45, 7) is 0.554. The number of sulfonamides is 1. The van der Waals surface area contributed by atoms with Crippen molar-refractivity contribution in [3.05, 3.63) is 109 Å². The van der Waals surface area contributed by atoms with Crippen LogP contribution >= 0.6 is 0 Å². The Hall–Kier alpha value is -4.18. The number of rotatable bonds is 6. The number of fused-ring (bicyclic) bond motifs is 1. The number of para-hydroxylation sites is 1. The number of alkyl halides is 3. The Morgan fingerprint density at radius 3 is 2.19 bits per heavy atom. The molecule has 10 heteroatoms. The summed E-state index contributed by atoms with van der Waals surface area (Å²) in [5.74, 6) is -0.821. The quantitative estimate of drug-likeness (QED) is 0.270. The van der Waals surface area contributed by atoms with Crippen LogP contribution in [0.15, 0.2) is 108 Å². The maximum Gasteiger partial charge on any atom is 0.500 e. The van der Waals surface area contributed by atoms with E-state index >= 15 is 0 Å². The molecule has 5 rings (SSSR count). The lowest BCUT2D eigenvalue weighted by Gasteiger charge is -2.26. The predicted molar refractivity (Wildman–Crippen MR) is 131 cm³/mol. The van der Waals surface area contributed by atoms with E-state index in [-0.39, 0.29) is 5.69 Å². The number of nitrogens with zero attached hydrogens (tertiary/aromatic N) is 4. The second-order valence-electron chi connectivity index (χ2n) is 7.98. The SMILES string of the molecule is O=S(=O)(c1ccccc1)N(c1nccnc1-c1ccc(Cn2ccc3ccccc32)cc1)C(F)(F)F. The molecule has 0 radical (unpaired) electrons. The summed E-state index contributed by atoms with van der Waals surface area (Å²) in [6.07, 6.45) is -1.05. The monoisotopic (exact) mass is 508 g/mol. The molecule has 0 fully saturated rings. The third kappa shape index (κ3) is 4.42. The summed E-state index contributed by atoms with van der Waals surface area (Å²) in [5, 5.41) is 1.10. The second kappa shape index (κ2) is 9.12. The first-order chi connectivity index (χ1) is 17.2. The zero-order valence-corrected chi connectivity index (χ0v) is 19.5. The number of anilines is 1. The first-order valence-electron chi connectivity index (χ1n) is 10.9. The molecule has 0 aliphatic carbocycles. The van der Waals surface area contributed by atoms with Gasteiger partial charge in [-0.15, -0.1) is 13.2 Å². The van der Waals surface area contributed by atoms with Gasteiger partial charge in [0.15, 0.2) is 5.82 Å². The van der Waals surface area contributed by atoms with Crippen molar-refractivity contribution >= 4 is 26.7 Å². The van der Waals surface area contributed by atoms with Crippen LogP contribution < -0.4 is 4.31 Å². The average Bonchev–Trinajstić information content (AvgIpc) is 3.27. The molecule has 0 aliphatic heterocycles. The topological polar surface area (TPSA) is 68.1 Å². The number of aromatic nitrogens is 3. The Bertz CT molecular complexity index is 1620. The third-order valence-corrected chi connectivity index (χ3v) is 7.37. The Balaban J connectivity index is 1.52. The minimum absolute atomic E-state index is 0.202. The fourth-order valence-electron chi connectivity index (χ4n) is 3.99. The zero-order chi connectivity index (χ0) is 25.3. The number of hydrogen-bond donors (Lipinski definition) is 0. The lowest BCUT2D eigenvalue weighted by molar-refractivity contribution is -0.116. The molecule has 6 nitrogen and oxygen atoms in total. The fourth-order valence-corrected chi connectivity index (χ4v) is 5.34. The summed E-state index contributed by atoms with van der Waals surface area (Å²) < 4.78 is 70.0. The highest BCUT2D eigenvalue weighted by molar-refractivity contribution is 7.92. The van der Waals surface area contributed by atoms with Crippen molar-refractivity contribution in [2.75, 3.05) is 4.31 Å². The predicted octanol–water partition coefficient (Wildman–Crippen LogP) is 5.86. The smallest absolute Gasteiger partial charge is 0.343 e. The van der Waals surface area contributed by atoms with Crippen LogP contribution in [0.3, 0.4) is 0 Å². The second-order valence-corrected chi connectivity index (χ2v) is 9.76. The molecule has 0 atom stereocenters. The molecule has 0 N–H and O–H groups in total. The van der Waals surface area contributed by atoms with Gasteiger partial charge in [-0.1, -0.05) is 60.7 Å². The molecule has 0 bridgehead atoms. The zero-order valence-electron chi connectivity index (χ0n) is 18.7. The highest BCUT2D eigenvalue weighted by Crippen LogP contribution is 2.38. The van der Waals surface area contributed by atoms with Crippen molar-refractivity contribution in [1.82, 2.24) is 14.5 Å². The van der Waals surface area contributed by atoms with Crippen molar-refractivity contribution in [1.29, 1.82) is 0 Å². The molecule has 2 aromatic heterocycles. The van der Waals surface area contributed by atoms with Gasteiger partial charge >= 0.3 is 6.30 Å². The van der Waals surface area contributed by atoms with Gasteiger partial charge in [0.1, 0.15) is 5.69 Å². The van der Waals surface area contributed by atoms with Crippen molar-refractivity contribution in [2.24, 2.45) is 0 Å². The molecule has 0 saturated carbocycles. The molecule has 182 valence electrons. The van der Waals surface area contributed by atoms with E-state index in [4.69, 9.17) is 0 Å². The van der Waals surface area contributed by atoms with E-state index in [0.29, 0.717) is 12.1 Å². The van der Waals surface area contributed by atoms with Crippen molar-refractivity contribution in [3.8, 4) is 11.3 Å². The van der Waals surface area contributed by atoms with Crippen LogP contribution in [0, 0.1) is 0 Å². The summed E-state index contributed by atoms with van der Waals surface area (Å²) in [7, 11) is -5.00. The maximum absolute atomic E-state index is 14.2. The standard InChI is InChI=1S/C26H19F3N4O2S/c27-26(28,29)33(36(34,35)22-7-2-1-3-8-22)25-24(30-15-16-31-25)21-12-10-19(11-13-21)18-32-17-14-20-6-4-5-9-23(20)32/h1-17H,18H2. The Morgan fingerprint density at radius 1 is 0.806 bits per heavy atom. The van der Waals surface area contributed by atoms with Crippen molar-refractivity contribution in [2.45, 2.75) is 17.7 Å². The van der Waals surface area contributed by atoms with E-state index in [1.54, 1.807) is 24.3 Å². The lowest BCUT2D eigenvalue weighted by Crippen LogP contribution is -2.43. The normalized spacial score (nSPS) is 12.1. The molecule has 36 heavy (non-hydrogen) atoms. The molecular weight excluding hydrogens is 489 g/mol. The molecule has 0 aliphatic rings. The van der Waals surface area contributed by atoms with Gasteiger partial charge in [0.05, 0.1) is 4.90 Å². The molecular formula is C26H19F3N4O2S. The van der Waals surface area contributed by atoms with Crippen LogP contribution in [0.4, 0.5) is 19.0 Å². The largest absolute Gasteiger partial charge is 0.500 e. The van der Waals surface area contributed by atoms with Gasteiger partial charge in [-0.25, -0.2) is 13.4 Å². The van der Waals surface area contributed by atoms with Crippen LogP contribution in [0.1, 0.15) is 5.56 Å². The van der Waals surface area contributed by atoms with Crippen LogP contribution in [-0.4, -0.2) is 29.3 Å². The van der Waals surface area contributed by atoms with E-state index in [9.17, 15) is 21.6 Å². The minimum atomic E-state index is -5.27. The fraction of sp³-hybridized carbons (Fsp3) is 0.0769. The first-order valence-corrected chi connectivity index (χ1v) is 12.3. The lowest BCUT2D eigenvalue weighted by atomic mass is 10.1. The summed E-state index contributed by atoms with van der Waals surface area (Å²) >= 11 is 0. The van der Waals surface area contributed by atoms with Gasteiger partial charge in [-0.3, -0.25) is 4.98 Å². The van der Waals surface area contributed by atoms with Gasteiger partial charge in [0.2, 0.25) is 0 Å². The minimum Gasteiger partial charge on any atom is -0.343 e. The van der Waals surface area contributed by atoms with E-state index in [1.807, 2.05) is 36.5 Å². The molecule has 3 aromatic carbocycles. The van der Waals surface area contributed by atoms with Crippen molar-refractivity contribution in [3.63, 3.8) is 0 Å². The Labute approximate surface area is 205 Å². The summed E-state index contributed by atoms with van der Waals surface area (Å²) in [4.78, 5) is 7.35. The first kappa shape index (κ1) is 23.6. The van der Waals surface area contributed by atoms with Gasteiger partial charge < -0.3 is 4.57 Å². The van der Waals surface area contributed by atoms with Gasteiger partial charge in [-0.2, -0.15) is 4.31 Å². The molecule has 0 saturated heterocycles. The third-order valence-electron chi connectivity index (χ3n) is 5.64. The van der Waals surface area contributed by atoms with Crippen LogP contribution in [0.2, 0.25) is 0 Å². The summed E-state index contributed by atoms with van der Waals surface area (Å²) in [5.41, 5.74) is 2.07. The van der Waals surface area contributed by atoms with Gasteiger partial charge in [-0.05, 0) is 35.2 Å². The highest BCUT2D eigenvalue weighted by atomic mass is 32.2. The van der Waals surface area contributed by atoms with Crippen LogP contribution in [-0.2, 0) is 16.6 Å². The number of hydrogen-bond acceptors (Lipinski definition) is 4.